The van der Waals surface area contributed by atoms with Crippen molar-refractivity contribution in [3.05, 3.63) is 0 Å². The van der Waals surface area contributed by atoms with Crippen LogP contribution in [0.3, 0.4) is 0 Å². The SMILES string of the molecule is CCCCCCCCCCCC[S-].CCCCCCCCCCCC[S-].[Pb+2]. The van der Waals surface area contributed by atoms with Gasteiger partial charge in [0.15, 0.2) is 0 Å². The number of unbranched alkanes of at least 4 members (excludes halogenated alkanes) is 18. The van der Waals surface area contributed by atoms with Crippen LogP contribution >= 0.6 is 0 Å². The fraction of sp³-hybridized carbons (Fsp3) is 1.00. The molecule has 0 saturated carbocycles. The zero-order valence-corrected chi connectivity index (χ0v) is 24.4. The van der Waals surface area contributed by atoms with E-state index >= 15 is 0 Å². The van der Waals surface area contributed by atoms with Crippen molar-refractivity contribution in [3.63, 3.8) is 0 Å². The fourth-order valence-corrected chi connectivity index (χ4v) is 3.59. The van der Waals surface area contributed by atoms with Crippen LogP contribution in [0.4, 0.5) is 0 Å². The van der Waals surface area contributed by atoms with Crippen LogP contribution in [0.1, 0.15) is 142 Å². The van der Waals surface area contributed by atoms with Crippen LogP contribution in [-0.2, 0) is 25.3 Å². The molecule has 162 valence electrons. The van der Waals surface area contributed by atoms with E-state index in [0.29, 0.717) is 0 Å². The van der Waals surface area contributed by atoms with Crippen LogP contribution in [0.15, 0.2) is 0 Å². The summed E-state index contributed by atoms with van der Waals surface area (Å²) in [7, 11) is 0. The second-order valence-corrected chi connectivity index (χ2v) is 8.59. The molecule has 0 saturated heterocycles. The molecule has 0 atom stereocenters. The van der Waals surface area contributed by atoms with Gasteiger partial charge >= 0.3 is 27.3 Å². The quantitative estimate of drug-likeness (QED) is 0.0771. The average molecular weight is 610 g/mol. The average Bonchev–Trinajstić information content (AvgIpc) is 2.66. The summed E-state index contributed by atoms with van der Waals surface area (Å²) in [6.45, 7) is 4.55. The van der Waals surface area contributed by atoms with Gasteiger partial charge in [-0.05, 0) is 0 Å². The van der Waals surface area contributed by atoms with Gasteiger partial charge in [0, 0.05) is 0 Å². The number of hydrogen-bond donors (Lipinski definition) is 0. The van der Waals surface area contributed by atoms with Gasteiger partial charge in [-0.25, -0.2) is 0 Å². The second-order valence-electron chi connectivity index (χ2n) is 7.77. The summed E-state index contributed by atoms with van der Waals surface area (Å²) >= 11 is 9.80. The minimum atomic E-state index is 0. The summed E-state index contributed by atoms with van der Waals surface area (Å²) in [6.07, 6.45) is 28.1. The maximum atomic E-state index is 4.90. The van der Waals surface area contributed by atoms with Gasteiger partial charge in [0.1, 0.15) is 0 Å². The summed E-state index contributed by atoms with van der Waals surface area (Å²) < 4.78 is 0. The Morgan fingerprint density at radius 2 is 0.519 bits per heavy atom. The molecule has 2 radical (unpaired) electrons. The largest absolute Gasteiger partial charge is 2.00 e. The maximum absolute atomic E-state index is 4.90. The topological polar surface area (TPSA) is 0 Å². The van der Waals surface area contributed by atoms with Crippen molar-refractivity contribution in [2.75, 3.05) is 11.5 Å². The van der Waals surface area contributed by atoms with Gasteiger partial charge in [0.05, 0.1) is 0 Å². The maximum Gasteiger partial charge on any atom is 2.00 e. The Bertz CT molecular complexity index is 171. The first-order valence-corrected chi connectivity index (χ1v) is 13.1. The van der Waals surface area contributed by atoms with E-state index in [-0.39, 0.29) is 27.3 Å². The number of hydrogen-bond acceptors (Lipinski definition) is 2. The molecule has 3 heteroatoms. The second kappa shape index (κ2) is 35.1. The van der Waals surface area contributed by atoms with Crippen molar-refractivity contribution in [2.24, 2.45) is 0 Å². The van der Waals surface area contributed by atoms with Gasteiger partial charge in [-0.2, -0.15) is 11.5 Å². The Morgan fingerprint density at radius 3 is 0.704 bits per heavy atom. The molecule has 0 aliphatic rings. The molecule has 0 unspecified atom stereocenters. The molecule has 27 heavy (non-hydrogen) atoms. The van der Waals surface area contributed by atoms with Crippen molar-refractivity contribution in [3.8, 4) is 0 Å². The molecule has 0 aromatic carbocycles. The third-order valence-electron chi connectivity index (χ3n) is 5.00. The van der Waals surface area contributed by atoms with Crippen LogP contribution < -0.4 is 0 Å². The first-order chi connectivity index (χ1) is 12.8. The Hall–Kier alpha value is 1.62. The predicted molar refractivity (Wildman–Crippen MR) is 134 cm³/mol. The zero-order valence-electron chi connectivity index (χ0n) is 18.9. The van der Waals surface area contributed by atoms with Crippen LogP contribution in [0.2, 0.25) is 0 Å². The summed E-state index contributed by atoms with van der Waals surface area (Å²) in [5.41, 5.74) is 0. The van der Waals surface area contributed by atoms with Gasteiger partial charge in [-0.15, -0.1) is 0 Å². The molecule has 0 rings (SSSR count). The van der Waals surface area contributed by atoms with Crippen molar-refractivity contribution in [2.45, 2.75) is 142 Å². The first-order valence-electron chi connectivity index (χ1n) is 12.0. The summed E-state index contributed by atoms with van der Waals surface area (Å²) in [6, 6.07) is 0. The normalized spacial score (nSPS) is 10.2. The zero-order chi connectivity index (χ0) is 19.6. The van der Waals surface area contributed by atoms with Crippen LogP contribution in [0.5, 0.6) is 0 Å². The molecule has 0 heterocycles. The van der Waals surface area contributed by atoms with Crippen LogP contribution in [0.25, 0.3) is 0 Å². The molecule has 0 aliphatic carbocycles. The van der Waals surface area contributed by atoms with Gasteiger partial charge in [-0.3, -0.25) is 0 Å². The first kappa shape index (κ1) is 33.3. The number of rotatable bonds is 20. The van der Waals surface area contributed by atoms with Gasteiger partial charge in [0.2, 0.25) is 0 Å². The Morgan fingerprint density at radius 1 is 0.333 bits per heavy atom. The molecule has 0 fully saturated rings. The minimum absolute atomic E-state index is 0. The van der Waals surface area contributed by atoms with Gasteiger partial charge in [0.25, 0.3) is 0 Å². The molecule has 0 N–H and O–H groups in total. The fourth-order valence-electron chi connectivity index (χ4n) is 3.18. The minimum Gasteiger partial charge on any atom is -0.793 e. The van der Waals surface area contributed by atoms with E-state index in [1.807, 2.05) is 0 Å². The predicted octanol–water partition coefficient (Wildman–Crippen LogP) is 8.53. The third-order valence-corrected chi connectivity index (χ3v) is 5.57. The molecular formula is C24H50PbS2. The standard InChI is InChI=1S/2C12H26S.Pb/c2*1-2-3-4-5-6-7-8-9-10-11-12-13;/h2*13H,2-12H2,1H3;/q;;+2/p-2. The molecule has 0 bridgehead atoms. The van der Waals surface area contributed by atoms with Crippen molar-refractivity contribution in [1.29, 1.82) is 0 Å². The molecular weight excluding hydrogens is 560 g/mol. The van der Waals surface area contributed by atoms with Crippen molar-refractivity contribution >= 4 is 52.6 Å². The van der Waals surface area contributed by atoms with Crippen LogP contribution in [0, 0.1) is 0 Å². The van der Waals surface area contributed by atoms with E-state index in [4.69, 9.17) is 25.3 Å². The smallest absolute Gasteiger partial charge is 0.793 e. The Labute approximate surface area is 205 Å². The van der Waals surface area contributed by atoms with Crippen molar-refractivity contribution in [1.82, 2.24) is 0 Å². The Balaban J connectivity index is -0.000000411. The molecule has 0 spiro atoms. The summed E-state index contributed by atoms with van der Waals surface area (Å²) in [5, 5.41) is 0. The molecule has 0 amide bonds. The van der Waals surface area contributed by atoms with Crippen molar-refractivity contribution < 1.29 is 0 Å². The van der Waals surface area contributed by atoms with Crippen LogP contribution in [-0.4, -0.2) is 38.8 Å². The molecule has 0 aromatic heterocycles. The van der Waals surface area contributed by atoms with E-state index in [1.54, 1.807) is 0 Å². The monoisotopic (exact) mass is 610 g/mol. The van der Waals surface area contributed by atoms with E-state index in [9.17, 15) is 0 Å². The van der Waals surface area contributed by atoms with Gasteiger partial charge in [-0.1, -0.05) is 142 Å². The summed E-state index contributed by atoms with van der Waals surface area (Å²) in [4.78, 5) is 0. The third kappa shape index (κ3) is 38.8. The molecule has 0 nitrogen and oxygen atoms in total. The molecule has 0 aliphatic heterocycles. The summed E-state index contributed by atoms with van der Waals surface area (Å²) in [5.74, 6) is 1.91. The van der Waals surface area contributed by atoms with E-state index in [1.165, 1.54) is 128 Å². The van der Waals surface area contributed by atoms with Gasteiger partial charge < -0.3 is 25.3 Å². The Kier molecular flexibility index (Phi) is 43.2. The van der Waals surface area contributed by atoms with E-state index < -0.39 is 0 Å². The molecule has 0 aromatic rings. The van der Waals surface area contributed by atoms with E-state index in [0.717, 1.165) is 11.5 Å². The van der Waals surface area contributed by atoms with E-state index in [2.05, 4.69) is 13.8 Å².